The summed E-state index contributed by atoms with van der Waals surface area (Å²) >= 11 is 1.45. The van der Waals surface area contributed by atoms with Crippen molar-refractivity contribution in [1.29, 1.82) is 0 Å². The molecule has 0 aliphatic carbocycles. The molecule has 0 aliphatic rings. The van der Waals surface area contributed by atoms with Crippen molar-refractivity contribution < 1.29 is 9.47 Å². The fourth-order valence-electron chi connectivity index (χ4n) is 1.93. The fourth-order valence-corrected chi connectivity index (χ4v) is 2.62. The second kappa shape index (κ2) is 6.53. The molecule has 0 unspecified atom stereocenters. The van der Waals surface area contributed by atoms with Gasteiger partial charge in [-0.2, -0.15) is 0 Å². The van der Waals surface area contributed by atoms with Gasteiger partial charge in [-0.25, -0.2) is 15.0 Å². The van der Waals surface area contributed by atoms with Gasteiger partial charge in [0.05, 0.1) is 23.4 Å². The first kappa shape index (κ1) is 14.5. The van der Waals surface area contributed by atoms with Gasteiger partial charge in [-0.15, -0.1) is 11.3 Å². The number of aryl methyl sites for hydroxylation is 1. The number of hydrogen-bond acceptors (Lipinski definition) is 6. The minimum atomic E-state index is 0.294. The first-order valence-corrected chi connectivity index (χ1v) is 7.50. The zero-order valence-electron chi connectivity index (χ0n) is 12.2. The SMILES string of the molecule is COc1cccc(OCc2nccc(-c3s[c]nc3C)n2)c1. The Morgan fingerprint density at radius 2 is 2.09 bits per heavy atom. The van der Waals surface area contributed by atoms with E-state index in [0.717, 1.165) is 27.8 Å². The standard InChI is InChI=1S/C16H14N3O2S/c1-11-16(22-10-18-11)14-6-7-17-15(19-14)9-21-13-5-3-4-12(8-13)20-2/h3-8H,9H2,1-2H3. The van der Waals surface area contributed by atoms with E-state index < -0.39 is 0 Å². The van der Waals surface area contributed by atoms with Crippen LogP contribution in [-0.4, -0.2) is 22.1 Å². The summed E-state index contributed by atoms with van der Waals surface area (Å²) in [4.78, 5) is 13.9. The van der Waals surface area contributed by atoms with Crippen molar-refractivity contribution in [3.8, 4) is 22.1 Å². The summed E-state index contributed by atoms with van der Waals surface area (Å²) in [5.74, 6) is 2.09. The van der Waals surface area contributed by atoms with E-state index in [1.54, 1.807) is 13.3 Å². The van der Waals surface area contributed by atoms with Gasteiger partial charge in [0.15, 0.2) is 11.3 Å². The van der Waals surface area contributed by atoms with E-state index in [1.165, 1.54) is 11.3 Å². The highest BCUT2D eigenvalue weighted by Gasteiger charge is 2.08. The van der Waals surface area contributed by atoms with Gasteiger partial charge in [-0.3, -0.25) is 0 Å². The molecule has 2 heterocycles. The summed E-state index contributed by atoms with van der Waals surface area (Å²) in [6.07, 6.45) is 1.73. The second-order valence-electron chi connectivity index (χ2n) is 4.55. The van der Waals surface area contributed by atoms with Crippen molar-refractivity contribution in [1.82, 2.24) is 15.0 Å². The molecule has 0 fully saturated rings. The van der Waals surface area contributed by atoms with E-state index >= 15 is 0 Å². The summed E-state index contributed by atoms with van der Waals surface area (Å²) in [5.41, 5.74) is 4.64. The molecule has 2 aromatic heterocycles. The molecule has 0 atom stereocenters. The Balaban J connectivity index is 1.74. The van der Waals surface area contributed by atoms with Crippen LogP contribution in [0.4, 0.5) is 0 Å². The number of ether oxygens (including phenoxy) is 2. The van der Waals surface area contributed by atoms with Gasteiger partial charge in [0.25, 0.3) is 0 Å². The molecule has 0 amide bonds. The predicted octanol–water partition coefficient (Wildman–Crippen LogP) is 3.30. The van der Waals surface area contributed by atoms with Crippen LogP contribution in [0.1, 0.15) is 11.5 Å². The quantitative estimate of drug-likeness (QED) is 0.723. The maximum Gasteiger partial charge on any atom is 0.166 e. The van der Waals surface area contributed by atoms with Gasteiger partial charge in [-0.05, 0) is 25.1 Å². The second-order valence-corrected chi connectivity index (χ2v) is 5.34. The maximum atomic E-state index is 5.71. The Kier molecular flexibility index (Phi) is 4.29. The van der Waals surface area contributed by atoms with Crippen molar-refractivity contribution >= 4 is 11.3 Å². The molecule has 0 saturated heterocycles. The van der Waals surface area contributed by atoms with E-state index in [-0.39, 0.29) is 0 Å². The molecular formula is C16H14N3O2S. The zero-order valence-corrected chi connectivity index (χ0v) is 13.1. The molecule has 1 radical (unpaired) electrons. The molecule has 0 spiro atoms. The van der Waals surface area contributed by atoms with Gasteiger partial charge in [0.2, 0.25) is 0 Å². The third-order valence-electron chi connectivity index (χ3n) is 3.04. The molecule has 5 nitrogen and oxygen atoms in total. The highest BCUT2D eigenvalue weighted by molar-refractivity contribution is 7.12. The smallest absolute Gasteiger partial charge is 0.166 e. The lowest BCUT2D eigenvalue weighted by molar-refractivity contribution is 0.293. The van der Waals surface area contributed by atoms with Gasteiger partial charge in [-0.1, -0.05) is 6.07 Å². The molecule has 111 valence electrons. The third kappa shape index (κ3) is 3.23. The van der Waals surface area contributed by atoms with E-state index in [4.69, 9.17) is 9.47 Å². The monoisotopic (exact) mass is 312 g/mol. The van der Waals surface area contributed by atoms with Crippen molar-refractivity contribution in [2.45, 2.75) is 13.5 Å². The minimum Gasteiger partial charge on any atom is -0.497 e. The molecule has 0 saturated carbocycles. The van der Waals surface area contributed by atoms with Crippen LogP contribution < -0.4 is 9.47 Å². The van der Waals surface area contributed by atoms with Gasteiger partial charge in [0, 0.05) is 12.3 Å². The molecule has 0 bridgehead atoms. The lowest BCUT2D eigenvalue weighted by atomic mass is 10.3. The number of rotatable bonds is 5. The highest BCUT2D eigenvalue weighted by atomic mass is 32.1. The van der Waals surface area contributed by atoms with Crippen LogP contribution in [0.25, 0.3) is 10.6 Å². The summed E-state index contributed by atoms with van der Waals surface area (Å²) in [7, 11) is 1.63. The molecule has 3 aromatic rings. The number of benzene rings is 1. The molecule has 0 N–H and O–H groups in total. The molecular weight excluding hydrogens is 298 g/mol. The number of nitrogens with zero attached hydrogens (tertiary/aromatic N) is 3. The lowest BCUT2D eigenvalue weighted by Crippen LogP contribution is -2.02. The molecule has 6 heteroatoms. The van der Waals surface area contributed by atoms with Crippen LogP contribution in [0.2, 0.25) is 0 Å². The van der Waals surface area contributed by atoms with Crippen LogP contribution in [0.15, 0.2) is 36.5 Å². The van der Waals surface area contributed by atoms with E-state index in [2.05, 4.69) is 20.5 Å². The van der Waals surface area contributed by atoms with Crippen molar-refractivity contribution in [3.63, 3.8) is 0 Å². The number of thiazole rings is 1. The topological polar surface area (TPSA) is 57.1 Å². The normalized spacial score (nSPS) is 10.5. The van der Waals surface area contributed by atoms with Crippen molar-refractivity contribution in [3.05, 3.63) is 53.6 Å². The Labute approximate surface area is 132 Å². The minimum absolute atomic E-state index is 0.294. The first-order chi connectivity index (χ1) is 10.8. The van der Waals surface area contributed by atoms with Crippen LogP contribution in [-0.2, 0) is 6.61 Å². The number of aromatic nitrogens is 3. The van der Waals surface area contributed by atoms with Crippen LogP contribution in [0.3, 0.4) is 0 Å². The molecule has 22 heavy (non-hydrogen) atoms. The molecule has 3 rings (SSSR count). The Morgan fingerprint density at radius 1 is 1.23 bits per heavy atom. The zero-order chi connectivity index (χ0) is 15.4. The Hall–Kier alpha value is -2.47. The van der Waals surface area contributed by atoms with E-state index in [1.807, 2.05) is 37.3 Å². The fraction of sp³-hybridized carbons (Fsp3) is 0.188. The average molecular weight is 312 g/mol. The van der Waals surface area contributed by atoms with Gasteiger partial charge >= 0.3 is 0 Å². The summed E-state index contributed by atoms with van der Waals surface area (Å²) in [5, 5.41) is 0. The maximum absolute atomic E-state index is 5.71. The lowest BCUT2D eigenvalue weighted by Gasteiger charge is -2.07. The van der Waals surface area contributed by atoms with Crippen LogP contribution in [0.5, 0.6) is 11.5 Å². The van der Waals surface area contributed by atoms with Crippen molar-refractivity contribution in [2.24, 2.45) is 0 Å². The van der Waals surface area contributed by atoms with Crippen LogP contribution >= 0.6 is 11.3 Å². The molecule has 0 aliphatic heterocycles. The van der Waals surface area contributed by atoms with Crippen molar-refractivity contribution in [2.75, 3.05) is 7.11 Å². The van der Waals surface area contributed by atoms with Gasteiger partial charge < -0.3 is 9.47 Å². The van der Waals surface area contributed by atoms with Gasteiger partial charge in [0.1, 0.15) is 18.1 Å². The Bertz CT molecular complexity index is 773. The Morgan fingerprint density at radius 3 is 2.86 bits per heavy atom. The van der Waals surface area contributed by atoms with E-state index in [0.29, 0.717) is 12.4 Å². The summed E-state index contributed by atoms with van der Waals surface area (Å²) < 4.78 is 10.9. The summed E-state index contributed by atoms with van der Waals surface area (Å²) in [6, 6.07) is 9.30. The average Bonchev–Trinajstić information content (AvgIpc) is 2.99. The largest absolute Gasteiger partial charge is 0.497 e. The number of hydrogen-bond donors (Lipinski definition) is 0. The summed E-state index contributed by atoms with van der Waals surface area (Å²) in [6.45, 7) is 2.24. The highest BCUT2D eigenvalue weighted by Crippen LogP contribution is 2.25. The predicted molar refractivity (Wildman–Crippen MR) is 84.0 cm³/mol. The third-order valence-corrected chi connectivity index (χ3v) is 3.93. The molecule has 1 aromatic carbocycles. The van der Waals surface area contributed by atoms with Crippen LogP contribution in [0, 0.1) is 12.4 Å². The first-order valence-electron chi connectivity index (χ1n) is 6.69. The van der Waals surface area contributed by atoms with E-state index in [9.17, 15) is 0 Å². The number of methoxy groups -OCH3 is 1.